The average Bonchev–Trinajstić information content (AvgIpc) is 3.19. The Hall–Kier alpha value is -2.75. The Bertz CT molecular complexity index is 1400. The first-order valence-electron chi connectivity index (χ1n) is 11.0. The number of fused-ring (bicyclic) bond motifs is 1. The predicted molar refractivity (Wildman–Crippen MR) is 142 cm³/mol. The molecule has 0 bridgehead atoms. The topological polar surface area (TPSA) is 105 Å². The number of aryl methyl sites for hydroxylation is 1. The van der Waals surface area contributed by atoms with E-state index in [1.54, 1.807) is 22.9 Å². The van der Waals surface area contributed by atoms with Gasteiger partial charge < -0.3 is 10.6 Å². The SMILES string of the molecule is CC(C)(C)c1cc(NC(=O)Nc2cccc(Cl)c2Cl)n(-c2ccc3c(c2)NC(S(C)(=O)=O)CC3)n1. The molecular formula is C24H27Cl2N5O3S. The lowest BCUT2D eigenvalue weighted by Gasteiger charge is -2.26. The van der Waals surface area contributed by atoms with Crippen LogP contribution in [-0.4, -0.2) is 35.9 Å². The third-order valence-corrected chi connectivity index (χ3v) is 7.97. The molecule has 0 saturated heterocycles. The van der Waals surface area contributed by atoms with E-state index < -0.39 is 21.2 Å². The van der Waals surface area contributed by atoms with Gasteiger partial charge >= 0.3 is 6.03 Å². The van der Waals surface area contributed by atoms with Crippen LogP contribution in [0.5, 0.6) is 0 Å². The van der Waals surface area contributed by atoms with E-state index in [1.807, 2.05) is 45.0 Å². The van der Waals surface area contributed by atoms with Crippen molar-refractivity contribution < 1.29 is 13.2 Å². The number of benzene rings is 2. The summed E-state index contributed by atoms with van der Waals surface area (Å²) < 4.78 is 25.8. The van der Waals surface area contributed by atoms with Crippen molar-refractivity contribution in [1.29, 1.82) is 0 Å². The quantitative estimate of drug-likeness (QED) is 0.388. The number of anilines is 3. The number of carbonyl (C=O) groups excluding carboxylic acids is 1. The molecule has 0 radical (unpaired) electrons. The fourth-order valence-corrected chi connectivity index (χ4v) is 5.04. The first-order chi connectivity index (χ1) is 16.3. The summed E-state index contributed by atoms with van der Waals surface area (Å²) >= 11 is 12.3. The van der Waals surface area contributed by atoms with Gasteiger partial charge in [-0.2, -0.15) is 5.10 Å². The molecule has 1 aliphatic heterocycles. The zero-order valence-electron chi connectivity index (χ0n) is 19.8. The van der Waals surface area contributed by atoms with Crippen LogP contribution in [0.1, 0.15) is 38.4 Å². The lowest BCUT2D eigenvalue weighted by atomic mass is 9.92. The first-order valence-corrected chi connectivity index (χ1v) is 13.8. The molecule has 3 aromatic rings. The number of carbonyl (C=O) groups is 1. The van der Waals surface area contributed by atoms with E-state index in [0.717, 1.165) is 16.9 Å². The summed E-state index contributed by atoms with van der Waals surface area (Å²) in [6.07, 6.45) is 2.40. The van der Waals surface area contributed by atoms with Gasteiger partial charge in [0.2, 0.25) is 0 Å². The van der Waals surface area contributed by atoms with Gasteiger partial charge in [0.1, 0.15) is 11.2 Å². The highest BCUT2D eigenvalue weighted by Crippen LogP contribution is 2.32. The number of sulfone groups is 1. The lowest BCUT2D eigenvalue weighted by Crippen LogP contribution is -2.32. The molecule has 11 heteroatoms. The van der Waals surface area contributed by atoms with Crippen LogP contribution in [0.3, 0.4) is 0 Å². The van der Waals surface area contributed by atoms with Gasteiger partial charge in [0.05, 0.1) is 27.1 Å². The van der Waals surface area contributed by atoms with E-state index in [9.17, 15) is 13.2 Å². The zero-order valence-corrected chi connectivity index (χ0v) is 22.1. The summed E-state index contributed by atoms with van der Waals surface area (Å²) in [5, 5.41) is 13.4. The van der Waals surface area contributed by atoms with Crippen LogP contribution in [0.15, 0.2) is 42.5 Å². The molecule has 8 nitrogen and oxygen atoms in total. The van der Waals surface area contributed by atoms with E-state index in [0.29, 0.717) is 35.1 Å². The molecule has 1 aromatic heterocycles. The van der Waals surface area contributed by atoms with E-state index in [1.165, 1.54) is 6.26 Å². The largest absolute Gasteiger partial charge is 0.369 e. The number of nitrogens with zero attached hydrogens (tertiary/aromatic N) is 2. The summed E-state index contributed by atoms with van der Waals surface area (Å²) in [4.78, 5) is 12.8. The molecule has 1 atom stereocenters. The normalized spacial score (nSPS) is 15.8. The molecule has 186 valence electrons. The monoisotopic (exact) mass is 535 g/mol. The third-order valence-electron chi connectivity index (χ3n) is 5.77. The Kier molecular flexibility index (Phi) is 6.78. The summed E-state index contributed by atoms with van der Waals surface area (Å²) in [6.45, 7) is 6.08. The molecule has 0 aliphatic carbocycles. The fourth-order valence-electron chi connectivity index (χ4n) is 3.81. The fraction of sp³-hybridized carbons (Fsp3) is 0.333. The Balaban J connectivity index is 1.67. The van der Waals surface area contributed by atoms with E-state index >= 15 is 0 Å². The van der Waals surface area contributed by atoms with Gasteiger partial charge in [-0.05, 0) is 42.7 Å². The molecule has 0 saturated carbocycles. The van der Waals surface area contributed by atoms with E-state index in [2.05, 4.69) is 16.0 Å². The molecule has 1 aliphatic rings. The maximum Gasteiger partial charge on any atom is 0.324 e. The Morgan fingerprint density at radius 2 is 1.89 bits per heavy atom. The number of aromatic nitrogens is 2. The molecule has 2 heterocycles. The second-order valence-electron chi connectivity index (χ2n) is 9.60. The zero-order chi connectivity index (χ0) is 25.5. The summed E-state index contributed by atoms with van der Waals surface area (Å²) in [5.74, 6) is 0.445. The molecule has 2 amide bonds. The molecule has 0 spiro atoms. The highest BCUT2D eigenvalue weighted by Gasteiger charge is 2.27. The van der Waals surface area contributed by atoms with Crippen molar-refractivity contribution in [3.05, 3.63) is 63.8 Å². The van der Waals surface area contributed by atoms with Crippen LogP contribution < -0.4 is 16.0 Å². The van der Waals surface area contributed by atoms with E-state index in [4.69, 9.17) is 28.3 Å². The molecule has 4 rings (SSSR count). The second kappa shape index (κ2) is 9.37. The second-order valence-corrected chi connectivity index (χ2v) is 12.6. The molecule has 2 aromatic carbocycles. The standard InChI is InChI=1S/C24H27Cl2N5O3S/c1-24(2,3)19-13-20(29-23(32)28-17-7-5-6-16(25)22(17)26)31(30-19)15-10-8-14-9-11-21(35(4,33)34)27-18(14)12-15/h5-8,10,12-13,21,27H,9,11H2,1-4H3,(H2,28,29,32). The molecule has 0 fully saturated rings. The van der Waals surface area contributed by atoms with Gasteiger partial charge in [-0.15, -0.1) is 0 Å². The molecule has 35 heavy (non-hydrogen) atoms. The Labute approximate surface area is 214 Å². The van der Waals surface area contributed by atoms with Crippen molar-refractivity contribution >= 4 is 56.3 Å². The number of amides is 2. The average molecular weight is 536 g/mol. The minimum Gasteiger partial charge on any atom is -0.369 e. The highest BCUT2D eigenvalue weighted by atomic mass is 35.5. The predicted octanol–water partition coefficient (Wildman–Crippen LogP) is 5.85. The molecule has 1 unspecified atom stereocenters. The van der Waals surface area contributed by atoms with Crippen molar-refractivity contribution in [2.45, 2.75) is 44.4 Å². The number of urea groups is 1. The highest BCUT2D eigenvalue weighted by molar-refractivity contribution is 7.91. The maximum absolute atomic E-state index is 12.8. The van der Waals surface area contributed by atoms with Gasteiger partial charge in [0, 0.05) is 23.4 Å². The first kappa shape index (κ1) is 25.3. The van der Waals surface area contributed by atoms with Gasteiger partial charge in [0.15, 0.2) is 9.84 Å². The smallest absolute Gasteiger partial charge is 0.324 e. The van der Waals surface area contributed by atoms with Crippen LogP contribution in [0.2, 0.25) is 10.0 Å². The van der Waals surface area contributed by atoms with Crippen LogP contribution in [0, 0.1) is 0 Å². The minimum absolute atomic E-state index is 0.245. The molecule has 3 N–H and O–H groups in total. The van der Waals surface area contributed by atoms with Gasteiger partial charge in [-0.1, -0.05) is 56.1 Å². The van der Waals surface area contributed by atoms with Crippen molar-refractivity contribution in [2.75, 3.05) is 22.2 Å². The van der Waals surface area contributed by atoms with Crippen molar-refractivity contribution in [1.82, 2.24) is 9.78 Å². The van der Waals surface area contributed by atoms with Crippen LogP contribution in [0.25, 0.3) is 5.69 Å². The summed E-state index contributed by atoms with van der Waals surface area (Å²) in [7, 11) is -3.24. The maximum atomic E-state index is 12.8. The summed E-state index contributed by atoms with van der Waals surface area (Å²) in [6, 6.07) is 12.0. The molecular weight excluding hydrogens is 509 g/mol. The summed E-state index contributed by atoms with van der Waals surface area (Å²) in [5.41, 5.74) is 3.31. The van der Waals surface area contributed by atoms with Gasteiger partial charge in [-0.25, -0.2) is 17.9 Å². The lowest BCUT2D eigenvalue weighted by molar-refractivity contribution is 0.262. The van der Waals surface area contributed by atoms with Gasteiger partial charge in [-0.3, -0.25) is 5.32 Å². The van der Waals surface area contributed by atoms with Crippen molar-refractivity contribution in [3.63, 3.8) is 0 Å². The number of hydrogen-bond donors (Lipinski definition) is 3. The number of rotatable bonds is 4. The third kappa shape index (κ3) is 5.58. The number of nitrogens with one attached hydrogen (secondary N) is 3. The van der Waals surface area contributed by atoms with Crippen LogP contribution in [0.4, 0.5) is 22.0 Å². The van der Waals surface area contributed by atoms with Crippen molar-refractivity contribution in [2.24, 2.45) is 0 Å². The van der Waals surface area contributed by atoms with E-state index in [-0.39, 0.29) is 10.4 Å². The van der Waals surface area contributed by atoms with Crippen molar-refractivity contribution in [3.8, 4) is 5.69 Å². The van der Waals surface area contributed by atoms with Gasteiger partial charge in [0.25, 0.3) is 0 Å². The minimum atomic E-state index is -3.24. The Morgan fingerprint density at radius 3 is 2.57 bits per heavy atom. The van der Waals surface area contributed by atoms with Crippen LogP contribution in [-0.2, 0) is 21.7 Å². The Morgan fingerprint density at radius 1 is 1.14 bits per heavy atom. The van der Waals surface area contributed by atoms with Crippen LogP contribution >= 0.6 is 23.2 Å². The number of halogens is 2. The number of hydrogen-bond acceptors (Lipinski definition) is 5.